The molecule has 4 aromatic heterocycles. The summed E-state index contributed by atoms with van der Waals surface area (Å²) >= 11 is 0. The summed E-state index contributed by atoms with van der Waals surface area (Å²) in [5.41, 5.74) is 7.98. The third kappa shape index (κ3) is 4.22. The molecule has 8 nitrogen and oxygen atoms in total. The molecule has 1 N–H and O–H groups in total. The Balaban J connectivity index is 1.41. The van der Waals surface area contributed by atoms with Gasteiger partial charge in [0.05, 0.1) is 17.1 Å². The molecule has 0 bridgehead atoms. The van der Waals surface area contributed by atoms with E-state index in [0.717, 1.165) is 62.9 Å². The van der Waals surface area contributed by atoms with Crippen LogP contribution in [-0.4, -0.2) is 35.9 Å². The quantitative estimate of drug-likeness (QED) is 0.316. The summed E-state index contributed by atoms with van der Waals surface area (Å²) in [7, 11) is 1.95. The lowest BCUT2D eigenvalue weighted by molar-refractivity contribution is 0.553. The van der Waals surface area contributed by atoms with E-state index in [1.165, 1.54) is 11.1 Å². The average molecular weight is 503 g/mol. The average Bonchev–Trinajstić information content (AvgIpc) is 3.53. The smallest absolute Gasteiger partial charge is 0.139 e. The molecule has 0 amide bonds. The van der Waals surface area contributed by atoms with E-state index in [9.17, 15) is 0 Å². The number of hydrogen-bond acceptors (Lipinski definition) is 7. The van der Waals surface area contributed by atoms with Crippen molar-refractivity contribution in [3.63, 3.8) is 0 Å². The molecule has 0 aliphatic carbocycles. The van der Waals surface area contributed by atoms with Crippen LogP contribution >= 0.6 is 0 Å². The summed E-state index contributed by atoms with van der Waals surface area (Å²) in [6, 6.07) is 12.5. The van der Waals surface area contributed by atoms with Gasteiger partial charge in [-0.1, -0.05) is 32.9 Å². The van der Waals surface area contributed by atoms with E-state index >= 15 is 0 Å². The summed E-state index contributed by atoms with van der Waals surface area (Å²) in [5.74, 6) is 1.71. The lowest BCUT2D eigenvalue weighted by Gasteiger charge is -2.15. The van der Waals surface area contributed by atoms with Gasteiger partial charge in [0.25, 0.3) is 0 Å². The highest BCUT2D eigenvalue weighted by Crippen LogP contribution is 2.36. The number of fused-ring (bicyclic) bond motifs is 2. The van der Waals surface area contributed by atoms with E-state index in [-0.39, 0.29) is 5.41 Å². The van der Waals surface area contributed by atoms with Gasteiger partial charge in [-0.25, -0.2) is 15.0 Å². The fraction of sp³-hybridized carbons (Fsp3) is 0.267. The highest BCUT2D eigenvalue weighted by atomic mass is 15.3. The zero-order valence-electron chi connectivity index (χ0n) is 22.3. The van der Waals surface area contributed by atoms with Gasteiger partial charge in [-0.05, 0) is 41.6 Å². The molecule has 1 aliphatic rings. The van der Waals surface area contributed by atoms with Crippen LogP contribution in [0.1, 0.15) is 49.0 Å². The van der Waals surface area contributed by atoms with Crippen molar-refractivity contribution in [1.82, 2.24) is 29.7 Å². The maximum absolute atomic E-state index is 4.80. The van der Waals surface area contributed by atoms with Crippen LogP contribution in [0.2, 0.25) is 0 Å². The van der Waals surface area contributed by atoms with Crippen LogP contribution in [0.25, 0.3) is 22.0 Å². The van der Waals surface area contributed by atoms with Gasteiger partial charge in [-0.3, -0.25) is 14.7 Å². The lowest BCUT2D eigenvalue weighted by atomic mass is 9.92. The van der Waals surface area contributed by atoms with Crippen LogP contribution in [-0.2, 0) is 25.3 Å². The molecule has 0 fully saturated rings. The topological polar surface area (TPSA) is 93.8 Å². The summed E-state index contributed by atoms with van der Waals surface area (Å²) < 4.78 is 1.87. The Morgan fingerprint density at radius 2 is 1.84 bits per heavy atom. The van der Waals surface area contributed by atoms with Gasteiger partial charge in [0.15, 0.2) is 0 Å². The summed E-state index contributed by atoms with van der Waals surface area (Å²) in [4.78, 5) is 23.1. The molecule has 8 heteroatoms. The molecule has 0 atom stereocenters. The molecule has 5 aromatic rings. The first-order valence-electron chi connectivity index (χ1n) is 12.8. The third-order valence-corrected chi connectivity index (χ3v) is 7.08. The molecule has 0 saturated heterocycles. The van der Waals surface area contributed by atoms with Gasteiger partial charge in [0, 0.05) is 60.9 Å². The van der Waals surface area contributed by atoms with Crippen molar-refractivity contribution in [3.05, 3.63) is 83.3 Å². The minimum absolute atomic E-state index is 0.0380. The van der Waals surface area contributed by atoms with Crippen LogP contribution in [0.5, 0.6) is 0 Å². The van der Waals surface area contributed by atoms with Gasteiger partial charge in [-0.2, -0.15) is 5.10 Å². The first kappa shape index (κ1) is 23.9. The predicted octanol–water partition coefficient (Wildman–Crippen LogP) is 6.02. The monoisotopic (exact) mass is 502 g/mol. The maximum Gasteiger partial charge on any atom is 0.139 e. The van der Waals surface area contributed by atoms with Crippen molar-refractivity contribution in [2.24, 2.45) is 12.0 Å². The van der Waals surface area contributed by atoms with Gasteiger partial charge in [-0.15, -0.1) is 0 Å². The van der Waals surface area contributed by atoms with Gasteiger partial charge in [0.1, 0.15) is 29.3 Å². The second kappa shape index (κ2) is 9.13. The minimum Gasteiger partial charge on any atom is -0.325 e. The molecule has 0 unspecified atom stereocenters. The Hall–Kier alpha value is -4.46. The largest absolute Gasteiger partial charge is 0.325 e. The molecule has 0 spiro atoms. The van der Waals surface area contributed by atoms with Crippen molar-refractivity contribution in [1.29, 1.82) is 0 Å². The molecule has 0 saturated carbocycles. The van der Waals surface area contributed by atoms with E-state index in [4.69, 9.17) is 15.1 Å². The first-order valence-corrected chi connectivity index (χ1v) is 12.8. The number of anilines is 2. The fourth-order valence-corrected chi connectivity index (χ4v) is 4.92. The molecule has 1 aliphatic heterocycles. The van der Waals surface area contributed by atoms with E-state index in [0.29, 0.717) is 6.42 Å². The van der Waals surface area contributed by atoms with Gasteiger partial charge >= 0.3 is 0 Å². The fourth-order valence-electron chi connectivity index (χ4n) is 4.92. The molecule has 6 rings (SSSR count). The van der Waals surface area contributed by atoms with Crippen LogP contribution < -0.4 is 5.32 Å². The van der Waals surface area contributed by atoms with Crippen molar-refractivity contribution < 1.29 is 0 Å². The second-order valence-electron chi connectivity index (χ2n) is 10.7. The SMILES string of the molecule is Cc1ccc2c(Nc3cc(C(C)(C)C)nn3C)nccc2c1Cc1ncccc1-c1ncnc2c1N=CC2. The number of aromatic nitrogens is 6. The van der Waals surface area contributed by atoms with Crippen molar-refractivity contribution >= 4 is 34.3 Å². The summed E-state index contributed by atoms with van der Waals surface area (Å²) in [5, 5.41) is 10.4. The first-order chi connectivity index (χ1) is 18.3. The van der Waals surface area contributed by atoms with Crippen LogP contribution in [0.3, 0.4) is 0 Å². The summed E-state index contributed by atoms with van der Waals surface area (Å²) in [6.45, 7) is 8.64. The summed E-state index contributed by atoms with van der Waals surface area (Å²) in [6.07, 6.45) is 8.61. The molecule has 5 heterocycles. The number of hydrogen-bond donors (Lipinski definition) is 1. The number of nitrogens with zero attached hydrogens (tertiary/aromatic N) is 7. The molecule has 190 valence electrons. The molecule has 1 aromatic carbocycles. The second-order valence-corrected chi connectivity index (χ2v) is 10.7. The molecular formula is C30H30N8. The van der Waals surface area contributed by atoms with Crippen LogP contribution in [0, 0.1) is 6.92 Å². The van der Waals surface area contributed by atoms with E-state index in [2.05, 4.69) is 78.3 Å². The third-order valence-electron chi connectivity index (χ3n) is 7.08. The Bertz CT molecular complexity index is 1710. The Morgan fingerprint density at radius 1 is 0.974 bits per heavy atom. The highest BCUT2D eigenvalue weighted by molar-refractivity contribution is 5.96. The zero-order valence-corrected chi connectivity index (χ0v) is 22.3. The van der Waals surface area contributed by atoms with Gasteiger partial charge < -0.3 is 5.32 Å². The van der Waals surface area contributed by atoms with Crippen LogP contribution in [0.4, 0.5) is 17.3 Å². The number of rotatable bonds is 5. The normalized spacial score (nSPS) is 12.8. The number of aliphatic imine (C=N–C) groups is 1. The molecule has 0 radical (unpaired) electrons. The van der Waals surface area contributed by atoms with E-state index in [1.54, 1.807) is 6.33 Å². The predicted molar refractivity (Wildman–Crippen MR) is 152 cm³/mol. The highest BCUT2D eigenvalue weighted by Gasteiger charge is 2.21. The number of nitrogens with one attached hydrogen (secondary N) is 1. The van der Waals surface area contributed by atoms with Crippen molar-refractivity contribution in [2.75, 3.05) is 5.32 Å². The Kier molecular flexibility index (Phi) is 5.75. The number of benzene rings is 1. The van der Waals surface area contributed by atoms with Crippen molar-refractivity contribution in [3.8, 4) is 11.3 Å². The number of pyridine rings is 2. The molecular weight excluding hydrogens is 472 g/mol. The minimum atomic E-state index is -0.0380. The van der Waals surface area contributed by atoms with Gasteiger partial charge in [0.2, 0.25) is 0 Å². The maximum atomic E-state index is 4.80. The Morgan fingerprint density at radius 3 is 2.66 bits per heavy atom. The zero-order chi connectivity index (χ0) is 26.4. The van der Waals surface area contributed by atoms with Crippen LogP contribution in [0.15, 0.2) is 60.1 Å². The van der Waals surface area contributed by atoms with E-state index < -0.39 is 0 Å². The Labute approximate surface area is 221 Å². The molecule has 38 heavy (non-hydrogen) atoms. The van der Waals surface area contributed by atoms with Crippen molar-refractivity contribution in [2.45, 2.75) is 46.0 Å². The van der Waals surface area contributed by atoms with E-state index in [1.807, 2.05) is 36.4 Å². The number of aryl methyl sites for hydroxylation is 2. The standard InChI is InChI=1S/C30H30N8/c1-18-8-9-20-19(10-13-33-29(20)36-26-16-25(30(2,3)4)37-38(26)5)22(18)15-24-21(7-6-12-31-24)27-28-23(11-14-32-28)34-17-35-27/h6-10,12-14,16-17H,11,15H2,1-5H3,(H,33,36). The lowest BCUT2D eigenvalue weighted by Crippen LogP contribution is -2.12.